The molecule has 4 atom stereocenters. The highest BCUT2D eigenvalue weighted by molar-refractivity contribution is 5.69. The van der Waals surface area contributed by atoms with E-state index in [2.05, 4.69) is 24.3 Å². The molecule has 0 spiro atoms. The molecule has 3 nitrogen and oxygen atoms in total. The molecule has 1 saturated carbocycles. The minimum Gasteiger partial charge on any atom is -0.444 e. The molecule has 4 rings (SSSR count). The molecule has 0 aromatic heterocycles. The van der Waals surface area contributed by atoms with Gasteiger partial charge >= 0.3 is 6.09 Å². The van der Waals surface area contributed by atoms with Crippen LogP contribution in [-0.4, -0.2) is 29.2 Å². The summed E-state index contributed by atoms with van der Waals surface area (Å²) in [5.41, 5.74) is -0.386. The molecule has 3 aliphatic carbocycles. The predicted molar refractivity (Wildman–Crippen MR) is 83.9 cm³/mol. The Labute approximate surface area is 128 Å². The van der Waals surface area contributed by atoms with Gasteiger partial charge in [0.15, 0.2) is 0 Å². The molecule has 3 heteroatoms. The summed E-state index contributed by atoms with van der Waals surface area (Å²) in [6.07, 6.45) is 14.4. The van der Waals surface area contributed by atoms with Crippen molar-refractivity contribution in [1.29, 1.82) is 0 Å². The molecule has 4 bridgehead atoms. The van der Waals surface area contributed by atoms with Crippen LogP contribution in [0.3, 0.4) is 0 Å². The van der Waals surface area contributed by atoms with Crippen LogP contribution in [0.2, 0.25) is 0 Å². The minimum atomic E-state index is -0.386. The summed E-state index contributed by atoms with van der Waals surface area (Å²) in [5, 5.41) is 0. The molecule has 0 radical (unpaired) electrons. The monoisotopic (exact) mass is 289 g/mol. The lowest BCUT2D eigenvalue weighted by Crippen LogP contribution is -2.40. The maximum absolute atomic E-state index is 11.7. The molecular weight excluding hydrogens is 262 g/mol. The Kier molecular flexibility index (Phi) is 3.85. The van der Waals surface area contributed by atoms with Crippen LogP contribution in [0, 0.1) is 17.8 Å². The van der Waals surface area contributed by atoms with Crippen molar-refractivity contribution in [3.63, 3.8) is 0 Å². The molecule has 1 saturated heterocycles. The molecule has 0 N–H and O–H groups in total. The van der Waals surface area contributed by atoms with Crippen molar-refractivity contribution in [3.8, 4) is 0 Å². The van der Waals surface area contributed by atoms with Crippen molar-refractivity contribution in [1.82, 2.24) is 4.90 Å². The van der Waals surface area contributed by atoms with Crippen LogP contribution < -0.4 is 0 Å². The van der Waals surface area contributed by atoms with Crippen LogP contribution in [0.25, 0.3) is 0 Å². The maximum atomic E-state index is 11.7. The Balaban J connectivity index is 0.000000156. The van der Waals surface area contributed by atoms with Crippen LogP contribution >= 0.6 is 0 Å². The highest BCUT2D eigenvalue weighted by Gasteiger charge is 2.38. The smallest absolute Gasteiger partial charge is 0.410 e. The number of carbonyl (C=O) groups excluding carboxylic acids is 1. The van der Waals surface area contributed by atoms with E-state index in [1.54, 1.807) is 0 Å². The van der Waals surface area contributed by atoms with Crippen molar-refractivity contribution in [2.45, 2.75) is 58.1 Å². The zero-order valence-electron chi connectivity index (χ0n) is 13.4. The van der Waals surface area contributed by atoms with E-state index >= 15 is 0 Å². The third-order valence-corrected chi connectivity index (χ3v) is 4.78. The number of nitrogens with zero attached hydrogens (tertiary/aromatic N) is 1. The molecule has 116 valence electrons. The first-order valence-electron chi connectivity index (χ1n) is 8.27. The number of amides is 1. The summed E-state index contributed by atoms with van der Waals surface area (Å²) in [5.74, 6) is 2.54. The van der Waals surface area contributed by atoms with Gasteiger partial charge in [0.25, 0.3) is 0 Å². The Hall–Kier alpha value is -1.25. The number of likely N-dealkylation sites (tertiary alicyclic amines) is 1. The SMILES string of the molecule is C1=C[C@H]2CC[C@@H]1C2.CC(C)(C)OC(=O)N1C[C@@H]2C=C[C@H]1C2. The second-order valence-corrected chi connectivity index (χ2v) is 7.80. The van der Waals surface area contributed by atoms with Crippen molar-refractivity contribution < 1.29 is 9.53 Å². The second kappa shape index (κ2) is 5.51. The van der Waals surface area contributed by atoms with E-state index in [-0.39, 0.29) is 17.7 Å². The van der Waals surface area contributed by atoms with Gasteiger partial charge in [-0.05, 0) is 64.2 Å². The van der Waals surface area contributed by atoms with Crippen LogP contribution in [0.1, 0.15) is 46.5 Å². The van der Waals surface area contributed by atoms with E-state index in [0.717, 1.165) is 24.8 Å². The molecule has 1 aliphatic heterocycles. The van der Waals surface area contributed by atoms with Gasteiger partial charge in [0, 0.05) is 6.54 Å². The van der Waals surface area contributed by atoms with Crippen molar-refractivity contribution in [2.75, 3.05) is 6.54 Å². The van der Waals surface area contributed by atoms with Crippen LogP contribution in [0.5, 0.6) is 0 Å². The van der Waals surface area contributed by atoms with Gasteiger partial charge in [-0.2, -0.15) is 0 Å². The Bertz CT molecular complexity index is 448. The number of allylic oxidation sites excluding steroid dienone is 2. The van der Waals surface area contributed by atoms with E-state index in [9.17, 15) is 4.79 Å². The molecule has 2 fully saturated rings. The predicted octanol–water partition coefficient (Wildman–Crippen LogP) is 4.15. The van der Waals surface area contributed by atoms with E-state index in [1.807, 2.05) is 25.7 Å². The number of hydrogen-bond acceptors (Lipinski definition) is 2. The van der Waals surface area contributed by atoms with Gasteiger partial charge < -0.3 is 9.64 Å². The summed E-state index contributed by atoms with van der Waals surface area (Å²) in [7, 11) is 0. The summed E-state index contributed by atoms with van der Waals surface area (Å²) < 4.78 is 5.33. The number of fused-ring (bicyclic) bond motifs is 4. The van der Waals surface area contributed by atoms with Gasteiger partial charge in [0.05, 0.1) is 6.04 Å². The lowest BCUT2D eigenvalue weighted by molar-refractivity contribution is 0.0247. The number of ether oxygens (including phenoxy) is 1. The zero-order valence-corrected chi connectivity index (χ0v) is 13.4. The average Bonchev–Trinajstić information content (AvgIpc) is 3.18. The summed E-state index contributed by atoms with van der Waals surface area (Å²) in [6.45, 7) is 6.52. The maximum Gasteiger partial charge on any atom is 0.410 e. The number of hydrogen-bond donors (Lipinski definition) is 0. The lowest BCUT2D eigenvalue weighted by atomic mass is 10.1. The molecular formula is C18H27NO2. The molecule has 4 aliphatic rings. The van der Waals surface area contributed by atoms with E-state index < -0.39 is 0 Å². The van der Waals surface area contributed by atoms with E-state index in [0.29, 0.717) is 5.92 Å². The molecule has 0 aromatic rings. The highest BCUT2D eigenvalue weighted by atomic mass is 16.6. The summed E-state index contributed by atoms with van der Waals surface area (Å²) in [4.78, 5) is 13.5. The second-order valence-electron chi connectivity index (χ2n) is 7.80. The number of carbonyl (C=O) groups is 1. The Morgan fingerprint density at radius 2 is 1.62 bits per heavy atom. The standard InChI is InChI=1S/C11H17NO2.C7H10/c1-11(2,3)14-10(13)12-7-8-4-5-9(12)6-8;1-2-7-4-3-6(1)5-7/h4-5,8-9H,6-7H2,1-3H3;1-2,6-7H,3-5H2/t8-,9+;6-,7+/m1./s1. The fraction of sp³-hybridized carbons (Fsp3) is 0.722. The molecule has 1 amide bonds. The Morgan fingerprint density at radius 3 is 1.95 bits per heavy atom. The normalized spacial score (nSPS) is 35.1. The van der Waals surface area contributed by atoms with E-state index in [1.165, 1.54) is 19.3 Å². The van der Waals surface area contributed by atoms with Gasteiger partial charge in [-0.3, -0.25) is 0 Å². The van der Waals surface area contributed by atoms with Crippen LogP contribution in [-0.2, 0) is 4.74 Å². The summed E-state index contributed by atoms with van der Waals surface area (Å²) >= 11 is 0. The average molecular weight is 289 g/mol. The van der Waals surface area contributed by atoms with Crippen molar-refractivity contribution in [2.24, 2.45) is 17.8 Å². The lowest BCUT2D eigenvalue weighted by Gasteiger charge is -2.28. The first kappa shape index (κ1) is 14.7. The van der Waals surface area contributed by atoms with Gasteiger partial charge in [-0.25, -0.2) is 4.79 Å². The number of rotatable bonds is 0. The molecule has 0 aromatic carbocycles. The molecule has 0 unspecified atom stereocenters. The molecule has 1 heterocycles. The van der Waals surface area contributed by atoms with Gasteiger partial charge in [0.2, 0.25) is 0 Å². The fourth-order valence-corrected chi connectivity index (χ4v) is 3.75. The zero-order chi connectivity index (χ0) is 15.0. The van der Waals surface area contributed by atoms with Crippen LogP contribution in [0.4, 0.5) is 4.79 Å². The topological polar surface area (TPSA) is 29.5 Å². The van der Waals surface area contributed by atoms with Gasteiger partial charge in [-0.15, -0.1) is 0 Å². The fourth-order valence-electron chi connectivity index (χ4n) is 3.75. The quantitative estimate of drug-likeness (QED) is 0.627. The van der Waals surface area contributed by atoms with Gasteiger partial charge in [-0.1, -0.05) is 24.3 Å². The van der Waals surface area contributed by atoms with E-state index in [4.69, 9.17) is 4.74 Å². The highest BCUT2D eigenvalue weighted by Crippen LogP contribution is 2.38. The third-order valence-electron chi connectivity index (χ3n) is 4.78. The Morgan fingerprint density at radius 1 is 1.00 bits per heavy atom. The van der Waals surface area contributed by atoms with Crippen molar-refractivity contribution in [3.05, 3.63) is 24.3 Å². The minimum absolute atomic E-state index is 0.172. The van der Waals surface area contributed by atoms with Crippen LogP contribution in [0.15, 0.2) is 24.3 Å². The third kappa shape index (κ3) is 3.50. The largest absolute Gasteiger partial charge is 0.444 e. The first-order chi connectivity index (χ1) is 9.90. The van der Waals surface area contributed by atoms with Gasteiger partial charge in [0.1, 0.15) is 5.60 Å². The summed E-state index contributed by atoms with van der Waals surface area (Å²) in [6, 6.07) is 0.287. The van der Waals surface area contributed by atoms with Crippen molar-refractivity contribution >= 4 is 6.09 Å². The molecule has 21 heavy (non-hydrogen) atoms. The first-order valence-corrected chi connectivity index (χ1v) is 8.27.